The van der Waals surface area contributed by atoms with Gasteiger partial charge in [-0.15, -0.1) is 11.8 Å². The molecule has 0 radical (unpaired) electrons. The van der Waals surface area contributed by atoms with Crippen LogP contribution in [0.3, 0.4) is 0 Å². The standard InChI is InChI=1S/C16H16N2O2S/c1-11-6-2-3-7-12(11)16(20)18-13-8-4-5-9-14(13)21-10-15(17)19/h2-9H,10H2,1H3,(H2,17,19)(H,18,20). The fourth-order valence-corrected chi connectivity index (χ4v) is 2.61. The number of anilines is 1. The summed E-state index contributed by atoms with van der Waals surface area (Å²) in [7, 11) is 0. The van der Waals surface area contributed by atoms with Crippen molar-refractivity contribution >= 4 is 29.3 Å². The summed E-state index contributed by atoms with van der Waals surface area (Å²) in [6.45, 7) is 1.89. The lowest BCUT2D eigenvalue weighted by Gasteiger charge is -2.11. The van der Waals surface area contributed by atoms with Gasteiger partial charge in [-0.05, 0) is 30.7 Å². The fourth-order valence-electron chi connectivity index (χ4n) is 1.86. The van der Waals surface area contributed by atoms with Crippen LogP contribution in [0.1, 0.15) is 15.9 Å². The van der Waals surface area contributed by atoms with E-state index in [0.717, 1.165) is 10.5 Å². The fraction of sp³-hybridized carbons (Fsp3) is 0.125. The normalized spacial score (nSPS) is 10.1. The highest BCUT2D eigenvalue weighted by Gasteiger charge is 2.11. The van der Waals surface area contributed by atoms with E-state index in [-0.39, 0.29) is 17.6 Å². The van der Waals surface area contributed by atoms with Crippen LogP contribution in [-0.4, -0.2) is 17.6 Å². The van der Waals surface area contributed by atoms with Crippen molar-refractivity contribution in [2.24, 2.45) is 5.73 Å². The molecule has 0 aliphatic rings. The number of thioether (sulfide) groups is 1. The molecule has 3 N–H and O–H groups in total. The smallest absolute Gasteiger partial charge is 0.255 e. The minimum Gasteiger partial charge on any atom is -0.369 e. The van der Waals surface area contributed by atoms with Gasteiger partial charge in [0.25, 0.3) is 5.91 Å². The lowest BCUT2D eigenvalue weighted by atomic mass is 10.1. The van der Waals surface area contributed by atoms with E-state index in [4.69, 9.17) is 5.73 Å². The number of carbonyl (C=O) groups excluding carboxylic acids is 2. The summed E-state index contributed by atoms with van der Waals surface area (Å²) >= 11 is 1.31. The Morgan fingerprint density at radius 3 is 2.48 bits per heavy atom. The van der Waals surface area contributed by atoms with Crippen molar-refractivity contribution in [3.63, 3.8) is 0 Å². The topological polar surface area (TPSA) is 72.2 Å². The molecular formula is C16H16N2O2S. The van der Waals surface area contributed by atoms with Crippen LogP contribution < -0.4 is 11.1 Å². The van der Waals surface area contributed by atoms with Crippen molar-refractivity contribution in [1.82, 2.24) is 0 Å². The lowest BCUT2D eigenvalue weighted by molar-refractivity contribution is -0.115. The van der Waals surface area contributed by atoms with Gasteiger partial charge in [-0.1, -0.05) is 30.3 Å². The molecule has 0 heterocycles. The summed E-state index contributed by atoms with van der Waals surface area (Å²) in [5, 5.41) is 2.88. The van der Waals surface area contributed by atoms with E-state index in [2.05, 4.69) is 5.32 Å². The second-order valence-electron chi connectivity index (χ2n) is 4.52. The van der Waals surface area contributed by atoms with Gasteiger partial charge in [-0.3, -0.25) is 9.59 Å². The van der Waals surface area contributed by atoms with Gasteiger partial charge in [0.1, 0.15) is 0 Å². The van der Waals surface area contributed by atoms with Gasteiger partial charge in [-0.25, -0.2) is 0 Å². The van der Waals surface area contributed by atoms with Crippen LogP contribution in [-0.2, 0) is 4.79 Å². The molecule has 0 saturated carbocycles. The Balaban J connectivity index is 2.18. The number of carbonyl (C=O) groups is 2. The molecule has 0 unspecified atom stereocenters. The highest BCUT2D eigenvalue weighted by atomic mass is 32.2. The minimum atomic E-state index is -0.389. The molecule has 2 aromatic carbocycles. The molecule has 4 nitrogen and oxygen atoms in total. The van der Waals surface area contributed by atoms with E-state index in [1.54, 1.807) is 12.1 Å². The van der Waals surface area contributed by atoms with Crippen LogP contribution in [0, 0.1) is 6.92 Å². The molecule has 2 amide bonds. The minimum absolute atomic E-state index is 0.166. The second kappa shape index (κ2) is 6.95. The number of amides is 2. The van der Waals surface area contributed by atoms with Gasteiger partial charge in [0.15, 0.2) is 0 Å². The Kier molecular flexibility index (Phi) is 5.00. The third-order valence-corrected chi connectivity index (χ3v) is 3.99. The molecule has 0 fully saturated rings. The van der Waals surface area contributed by atoms with Crippen molar-refractivity contribution in [1.29, 1.82) is 0 Å². The molecule has 0 spiro atoms. The zero-order valence-electron chi connectivity index (χ0n) is 11.6. The molecule has 0 aliphatic heterocycles. The first-order valence-electron chi connectivity index (χ1n) is 6.45. The zero-order chi connectivity index (χ0) is 15.2. The van der Waals surface area contributed by atoms with Gasteiger partial charge in [0.2, 0.25) is 5.91 Å². The van der Waals surface area contributed by atoms with Gasteiger partial charge in [0, 0.05) is 10.5 Å². The number of primary amides is 1. The van der Waals surface area contributed by atoms with Crippen LogP contribution in [0.2, 0.25) is 0 Å². The molecular weight excluding hydrogens is 284 g/mol. The highest BCUT2D eigenvalue weighted by molar-refractivity contribution is 8.00. The Morgan fingerprint density at radius 1 is 1.10 bits per heavy atom. The van der Waals surface area contributed by atoms with Gasteiger partial charge in [0.05, 0.1) is 11.4 Å². The number of nitrogens with one attached hydrogen (secondary N) is 1. The van der Waals surface area contributed by atoms with Crippen molar-refractivity contribution in [3.05, 3.63) is 59.7 Å². The number of para-hydroxylation sites is 1. The predicted molar refractivity (Wildman–Crippen MR) is 85.5 cm³/mol. The lowest BCUT2D eigenvalue weighted by Crippen LogP contribution is -2.15. The maximum absolute atomic E-state index is 12.3. The van der Waals surface area contributed by atoms with E-state index in [1.165, 1.54) is 11.8 Å². The Bertz CT molecular complexity index is 671. The first-order chi connectivity index (χ1) is 10.1. The number of hydrogen-bond acceptors (Lipinski definition) is 3. The average molecular weight is 300 g/mol. The second-order valence-corrected chi connectivity index (χ2v) is 5.54. The van der Waals surface area contributed by atoms with Crippen molar-refractivity contribution in [2.75, 3.05) is 11.1 Å². The van der Waals surface area contributed by atoms with Crippen molar-refractivity contribution < 1.29 is 9.59 Å². The zero-order valence-corrected chi connectivity index (χ0v) is 12.4. The summed E-state index contributed by atoms with van der Waals surface area (Å²) in [6.07, 6.45) is 0. The third kappa shape index (κ3) is 4.10. The summed E-state index contributed by atoms with van der Waals surface area (Å²) in [6, 6.07) is 14.7. The molecule has 0 aliphatic carbocycles. The molecule has 0 aromatic heterocycles. The maximum Gasteiger partial charge on any atom is 0.255 e. The van der Waals surface area contributed by atoms with E-state index in [0.29, 0.717) is 11.3 Å². The molecule has 21 heavy (non-hydrogen) atoms. The SMILES string of the molecule is Cc1ccccc1C(=O)Nc1ccccc1SCC(N)=O. The molecule has 0 atom stereocenters. The summed E-state index contributed by atoms with van der Waals surface area (Å²) < 4.78 is 0. The van der Waals surface area contributed by atoms with Crippen LogP contribution in [0.15, 0.2) is 53.4 Å². The number of benzene rings is 2. The Labute approximate surface area is 127 Å². The summed E-state index contributed by atoms with van der Waals surface area (Å²) in [5.74, 6) is -0.377. The molecule has 2 aromatic rings. The maximum atomic E-state index is 12.3. The van der Waals surface area contributed by atoms with Gasteiger partial charge in [-0.2, -0.15) is 0 Å². The van der Waals surface area contributed by atoms with Crippen LogP contribution >= 0.6 is 11.8 Å². The van der Waals surface area contributed by atoms with E-state index in [9.17, 15) is 9.59 Å². The van der Waals surface area contributed by atoms with Gasteiger partial charge >= 0.3 is 0 Å². The predicted octanol–water partition coefficient (Wildman–Crippen LogP) is 2.82. The van der Waals surface area contributed by atoms with E-state index in [1.807, 2.05) is 43.3 Å². The number of rotatable bonds is 5. The first-order valence-corrected chi connectivity index (χ1v) is 7.43. The third-order valence-electron chi connectivity index (χ3n) is 2.89. The molecule has 0 saturated heterocycles. The molecule has 108 valence electrons. The monoisotopic (exact) mass is 300 g/mol. The van der Waals surface area contributed by atoms with Crippen LogP contribution in [0.5, 0.6) is 0 Å². The van der Waals surface area contributed by atoms with Crippen LogP contribution in [0.25, 0.3) is 0 Å². The average Bonchev–Trinajstić information content (AvgIpc) is 2.46. The summed E-state index contributed by atoms with van der Waals surface area (Å²) in [5.41, 5.74) is 7.38. The number of aryl methyl sites for hydroxylation is 1. The van der Waals surface area contributed by atoms with E-state index >= 15 is 0 Å². The van der Waals surface area contributed by atoms with Crippen molar-refractivity contribution in [2.45, 2.75) is 11.8 Å². The largest absolute Gasteiger partial charge is 0.369 e. The Hall–Kier alpha value is -2.27. The van der Waals surface area contributed by atoms with E-state index < -0.39 is 0 Å². The number of nitrogens with two attached hydrogens (primary N) is 1. The van der Waals surface area contributed by atoms with Crippen molar-refractivity contribution in [3.8, 4) is 0 Å². The first kappa shape index (κ1) is 15.1. The van der Waals surface area contributed by atoms with Crippen LogP contribution in [0.4, 0.5) is 5.69 Å². The number of hydrogen-bond donors (Lipinski definition) is 2. The molecule has 0 bridgehead atoms. The Morgan fingerprint density at radius 2 is 1.76 bits per heavy atom. The molecule has 5 heteroatoms. The highest BCUT2D eigenvalue weighted by Crippen LogP contribution is 2.27. The van der Waals surface area contributed by atoms with Gasteiger partial charge < -0.3 is 11.1 Å². The summed E-state index contributed by atoms with van der Waals surface area (Å²) in [4.78, 5) is 24.0. The quantitative estimate of drug-likeness (QED) is 0.834. The molecule has 2 rings (SSSR count).